The van der Waals surface area contributed by atoms with Crippen molar-refractivity contribution in [2.45, 2.75) is 33.3 Å². The van der Waals surface area contributed by atoms with Crippen molar-refractivity contribution in [1.29, 1.82) is 0 Å². The lowest BCUT2D eigenvalue weighted by atomic mass is 10.0. The van der Waals surface area contributed by atoms with Gasteiger partial charge in [0.2, 0.25) is 0 Å². The Labute approximate surface area is 136 Å². The minimum Gasteiger partial charge on any atom is -0.387 e. The predicted molar refractivity (Wildman–Crippen MR) is 91.6 cm³/mol. The number of nitrogens with zero attached hydrogens (tertiary/aromatic N) is 1. The summed E-state index contributed by atoms with van der Waals surface area (Å²) in [5, 5.41) is 6.94. The van der Waals surface area contributed by atoms with Gasteiger partial charge in [-0.1, -0.05) is 53.2 Å². The summed E-state index contributed by atoms with van der Waals surface area (Å²) in [6.07, 6.45) is 0.303. The molecule has 2 aromatic carbocycles. The van der Waals surface area contributed by atoms with E-state index in [1.54, 1.807) is 0 Å². The second kappa shape index (κ2) is 6.24. The lowest BCUT2D eigenvalue weighted by molar-refractivity contribution is -0.110. The third-order valence-corrected chi connectivity index (χ3v) is 4.02. The molecule has 1 aliphatic rings. The minimum atomic E-state index is -0.196. The van der Waals surface area contributed by atoms with E-state index in [1.807, 2.05) is 51.1 Å². The van der Waals surface area contributed by atoms with Crippen LogP contribution in [0.3, 0.4) is 0 Å². The number of carbonyl (C=O) groups excluding carboxylic acids is 1. The minimum absolute atomic E-state index is 0.183. The molecule has 0 saturated heterocycles. The molecular formula is C19H20N2O2. The maximum Gasteiger partial charge on any atom is 0.273 e. The molecule has 4 nitrogen and oxygen atoms in total. The zero-order chi connectivity index (χ0) is 16.4. The van der Waals surface area contributed by atoms with Gasteiger partial charge < -0.3 is 10.2 Å². The van der Waals surface area contributed by atoms with Crippen molar-refractivity contribution in [3.63, 3.8) is 0 Å². The van der Waals surface area contributed by atoms with Crippen molar-refractivity contribution in [2.24, 2.45) is 5.16 Å². The van der Waals surface area contributed by atoms with Crippen molar-refractivity contribution in [1.82, 2.24) is 0 Å². The Hall–Kier alpha value is -2.62. The highest BCUT2D eigenvalue weighted by molar-refractivity contribution is 6.43. The first kappa shape index (κ1) is 15.3. The first-order valence-electron chi connectivity index (χ1n) is 7.71. The van der Waals surface area contributed by atoms with Gasteiger partial charge in [0.05, 0.1) is 0 Å². The van der Waals surface area contributed by atoms with Gasteiger partial charge in [0, 0.05) is 12.1 Å². The topological polar surface area (TPSA) is 50.7 Å². The highest BCUT2D eigenvalue weighted by atomic mass is 16.6. The quantitative estimate of drug-likeness (QED) is 0.929. The van der Waals surface area contributed by atoms with Crippen LogP contribution in [0.2, 0.25) is 0 Å². The van der Waals surface area contributed by atoms with Gasteiger partial charge in [-0.15, -0.1) is 0 Å². The Bertz CT molecular complexity index is 743. The van der Waals surface area contributed by atoms with Crippen LogP contribution >= 0.6 is 0 Å². The molecule has 4 heteroatoms. The van der Waals surface area contributed by atoms with Crippen LogP contribution in [0, 0.1) is 20.8 Å². The van der Waals surface area contributed by atoms with Crippen LogP contribution in [0.1, 0.15) is 34.8 Å². The third-order valence-electron chi connectivity index (χ3n) is 4.02. The molecule has 1 amide bonds. The van der Waals surface area contributed by atoms with Crippen LogP contribution in [-0.2, 0) is 9.63 Å². The molecule has 2 aromatic rings. The highest BCUT2D eigenvalue weighted by Crippen LogP contribution is 2.28. The second-order valence-corrected chi connectivity index (χ2v) is 5.97. The number of nitrogens with one attached hydrogen (secondary N) is 1. The maximum atomic E-state index is 12.5. The summed E-state index contributed by atoms with van der Waals surface area (Å²) in [5.74, 6) is -0.196. The van der Waals surface area contributed by atoms with Gasteiger partial charge in [0.25, 0.3) is 5.91 Å². The molecule has 0 unspecified atom stereocenters. The molecule has 0 aromatic heterocycles. The maximum absolute atomic E-state index is 12.5. The van der Waals surface area contributed by atoms with Crippen LogP contribution in [-0.4, -0.2) is 11.6 Å². The Balaban J connectivity index is 1.71. The largest absolute Gasteiger partial charge is 0.387 e. The third kappa shape index (κ3) is 3.26. The summed E-state index contributed by atoms with van der Waals surface area (Å²) >= 11 is 0. The van der Waals surface area contributed by atoms with E-state index in [-0.39, 0.29) is 12.0 Å². The van der Waals surface area contributed by atoms with Gasteiger partial charge in [-0.05, 0) is 37.5 Å². The van der Waals surface area contributed by atoms with Gasteiger partial charge in [-0.3, -0.25) is 4.79 Å². The van der Waals surface area contributed by atoms with Crippen LogP contribution in [0.4, 0.5) is 5.69 Å². The van der Waals surface area contributed by atoms with Crippen molar-refractivity contribution >= 4 is 17.3 Å². The van der Waals surface area contributed by atoms with E-state index in [2.05, 4.69) is 22.6 Å². The van der Waals surface area contributed by atoms with Gasteiger partial charge in [-0.2, -0.15) is 0 Å². The van der Waals surface area contributed by atoms with Crippen molar-refractivity contribution in [2.75, 3.05) is 5.32 Å². The molecule has 1 N–H and O–H groups in total. The smallest absolute Gasteiger partial charge is 0.273 e. The van der Waals surface area contributed by atoms with E-state index in [0.29, 0.717) is 12.1 Å². The molecular weight excluding hydrogens is 288 g/mol. The first-order valence-corrected chi connectivity index (χ1v) is 7.71. The number of hydrogen-bond acceptors (Lipinski definition) is 3. The Morgan fingerprint density at radius 1 is 1.13 bits per heavy atom. The molecule has 0 saturated carbocycles. The zero-order valence-corrected chi connectivity index (χ0v) is 13.6. The Morgan fingerprint density at radius 2 is 1.78 bits per heavy atom. The van der Waals surface area contributed by atoms with E-state index in [4.69, 9.17) is 4.84 Å². The van der Waals surface area contributed by atoms with Crippen molar-refractivity contribution < 1.29 is 9.63 Å². The summed E-state index contributed by atoms with van der Waals surface area (Å²) in [7, 11) is 0. The Kier molecular flexibility index (Phi) is 4.15. The van der Waals surface area contributed by atoms with E-state index in [0.717, 1.165) is 22.4 Å². The molecule has 0 bridgehead atoms. The summed E-state index contributed by atoms with van der Waals surface area (Å²) in [5.41, 5.74) is 5.60. The molecule has 1 aliphatic heterocycles. The average molecular weight is 308 g/mol. The fraction of sp³-hybridized carbons (Fsp3) is 0.263. The number of benzene rings is 2. The second-order valence-electron chi connectivity index (χ2n) is 5.97. The van der Waals surface area contributed by atoms with Crippen molar-refractivity contribution in [3.8, 4) is 0 Å². The van der Waals surface area contributed by atoms with Gasteiger partial charge in [-0.25, -0.2) is 0 Å². The van der Waals surface area contributed by atoms with Crippen LogP contribution in [0.5, 0.6) is 0 Å². The molecule has 0 spiro atoms. The molecule has 23 heavy (non-hydrogen) atoms. The first-order chi connectivity index (χ1) is 11.0. The van der Waals surface area contributed by atoms with E-state index in [9.17, 15) is 4.79 Å². The van der Waals surface area contributed by atoms with E-state index < -0.39 is 0 Å². The molecule has 3 rings (SSSR count). The monoisotopic (exact) mass is 308 g/mol. The summed E-state index contributed by atoms with van der Waals surface area (Å²) in [4.78, 5) is 17.9. The summed E-state index contributed by atoms with van der Waals surface area (Å²) < 4.78 is 0. The molecule has 118 valence electrons. The molecule has 0 aliphatic carbocycles. The highest BCUT2D eigenvalue weighted by Gasteiger charge is 2.27. The van der Waals surface area contributed by atoms with Crippen LogP contribution in [0.25, 0.3) is 0 Å². The zero-order valence-electron chi connectivity index (χ0n) is 13.6. The number of amides is 1. The number of hydrogen-bond donors (Lipinski definition) is 1. The van der Waals surface area contributed by atoms with Crippen LogP contribution in [0.15, 0.2) is 47.6 Å². The molecule has 1 atom stereocenters. The summed E-state index contributed by atoms with van der Waals surface area (Å²) in [6, 6.07) is 13.9. The van der Waals surface area contributed by atoms with E-state index in [1.165, 1.54) is 5.56 Å². The summed E-state index contributed by atoms with van der Waals surface area (Å²) in [6.45, 7) is 6.04. The fourth-order valence-electron chi connectivity index (χ4n) is 2.92. The standard InChI is InChI=1S/C19H20N2O2/c1-12-9-13(2)18(14(3)10-12)20-19(22)16-11-17(23-21-16)15-7-5-4-6-8-15/h4-10,17H,11H2,1-3H3,(H,20,22)/t17-/m1/s1. The molecule has 0 radical (unpaired) electrons. The number of oxime groups is 1. The number of carbonyl (C=O) groups is 1. The number of aryl methyl sites for hydroxylation is 3. The predicted octanol–water partition coefficient (Wildman–Crippen LogP) is 4.07. The van der Waals surface area contributed by atoms with Gasteiger partial charge in [0.1, 0.15) is 5.71 Å². The average Bonchev–Trinajstić information content (AvgIpc) is 3.01. The lowest BCUT2D eigenvalue weighted by Gasteiger charge is -2.12. The number of rotatable bonds is 3. The normalized spacial score (nSPS) is 16.7. The fourth-order valence-corrected chi connectivity index (χ4v) is 2.92. The molecule has 0 fully saturated rings. The Morgan fingerprint density at radius 3 is 2.43 bits per heavy atom. The van der Waals surface area contributed by atoms with Crippen LogP contribution < -0.4 is 5.32 Å². The SMILES string of the molecule is Cc1cc(C)c(NC(=O)C2=NO[C@@H](c3ccccc3)C2)c(C)c1. The lowest BCUT2D eigenvalue weighted by Crippen LogP contribution is -2.23. The number of anilines is 1. The van der Waals surface area contributed by atoms with Gasteiger partial charge in [0.15, 0.2) is 6.10 Å². The molecule has 1 heterocycles. The van der Waals surface area contributed by atoms with Crippen molar-refractivity contribution in [3.05, 3.63) is 64.7 Å². The van der Waals surface area contributed by atoms with Gasteiger partial charge >= 0.3 is 0 Å². The van der Waals surface area contributed by atoms with E-state index >= 15 is 0 Å².